The summed E-state index contributed by atoms with van der Waals surface area (Å²) in [5.74, 6) is 0.958. The van der Waals surface area contributed by atoms with E-state index in [4.69, 9.17) is 0 Å². The fourth-order valence-corrected chi connectivity index (χ4v) is 4.01. The van der Waals surface area contributed by atoms with E-state index in [1.165, 1.54) is 61.9 Å². The minimum atomic E-state index is 0.871. The number of nitrogens with zero attached hydrogens (tertiary/aromatic N) is 2. The average molecular weight is 351 g/mol. The molecule has 2 nitrogen and oxygen atoms in total. The molecule has 0 radical (unpaired) electrons. The Kier molecular flexibility index (Phi) is 5.36. The van der Waals surface area contributed by atoms with E-state index in [2.05, 4.69) is 56.9 Å². The van der Waals surface area contributed by atoms with Crippen LogP contribution in [0.25, 0.3) is 0 Å². The molecule has 1 saturated heterocycles. The number of benzene rings is 1. The predicted molar refractivity (Wildman–Crippen MR) is 92.4 cm³/mol. The van der Waals surface area contributed by atoms with Gasteiger partial charge in [-0.1, -0.05) is 35.0 Å². The summed E-state index contributed by atoms with van der Waals surface area (Å²) in [6.07, 6.45) is 5.72. The van der Waals surface area contributed by atoms with E-state index in [1.807, 2.05) is 0 Å². The fraction of sp³-hybridized carbons (Fsp3) is 0.667. The van der Waals surface area contributed by atoms with Crippen molar-refractivity contribution in [3.05, 3.63) is 34.3 Å². The van der Waals surface area contributed by atoms with Crippen LogP contribution in [0.1, 0.15) is 38.2 Å². The Morgan fingerprint density at radius 2 is 1.57 bits per heavy atom. The second-order valence-electron chi connectivity index (χ2n) is 6.85. The number of piperazine rings is 1. The lowest BCUT2D eigenvalue weighted by molar-refractivity contribution is 0.0689. The fourth-order valence-electron chi connectivity index (χ4n) is 3.74. The Balaban J connectivity index is 1.45. The highest BCUT2D eigenvalue weighted by atomic mass is 79.9. The van der Waals surface area contributed by atoms with E-state index in [0.29, 0.717) is 0 Å². The summed E-state index contributed by atoms with van der Waals surface area (Å²) >= 11 is 3.51. The van der Waals surface area contributed by atoms with Crippen molar-refractivity contribution in [2.45, 2.75) is 45.2 Å². The molecular weight excluding hydrogens is 324 g/mol. The average Bonchev–Trinajstić information content (AvgIpc) is 2.51. The Labute approximate surface area is 137 Å². The zero-order valence-electron chi connectivity index (χ0n) is 13.1. The number of halogens is 1. The Morgan fingerprint density at radius 3 is 2.19 bits per heavy atom. The maximum atomic E-state index is 3.51. The largest absolute Gasteiger partial charge is 0.298 e. The van der Waals surface area contributed by atoms with Crippen molar-refractivity contribution in [1.29, 1.82) is 0 Å². The summed E-state index contributed by atoms with van der Waals surface area (Å²) in [4.78, 5) is 5.36. The van der Waals surface area contributed by atoms with Gasteiger partial charge in [-0.25, -0.2) is 0 Å². The molecule has 1 aliphatic heterocycles. The molecule has 116 valence electrons. The van der Waals surface area contributed by atoms with Gasteiger partial charge in [0.25, 0.3) is 0 Å². The van der Waals surface area contributed by atoms with E-state index < -0.39 is 0 Å². The molecule has 0 bridgehead atoms. The number of hydrogen-bond donors (Lipinski definition) is 0. The first-order valence-corrected chi connectivity index (χ1v) is 9.21. The van der Waals surface area contributed by atoms with Crippen molar-refractivity contribution in [3.63, 3.8) is 0 Å². The SMILES string of the molecule is CC1CCC(N2CCN(Cc3ccc(Br)cc3)CC2)CC1. The van der Waals surface area contributed by atoms with Gasteiger partial charge in [0.2, 0.25) is 0 Å². The maximum absolute atomic E-state index is 3.51. The first-order valence-electron chi connectivity index (χ1n) is 8.41. The van der Waals surface area contributed by atoms with Gasteiger partial charge < -0.3 is 0 Å². The van der Waals surface area contributed by atoms with Crippen LogP contribution in [-0.4, -0.2) is 42.0 Å². The summed E-state index contributed by atoms with van der Waals surface area (Å²) in [5.41, 5.74) is 1.43. The Morgan fingerprint density at radius 1 is 0.952 bits per heavy atom. The van der Waals surface area contributed by atoms with Gasteiger partial charge >= 0.3 is 0 Å². The van der Waals surface area contributed by atoms with Gasteiger partial charge in [-0.3, -0.25) is 9.80 Å². The minimum Gasteiger partial charge on any atom is -0.298 e. The standard InChI is InChI=1S/C18H27BrN2/c1-15-2-8-18(9-3-15)21-12-10-20(11-13-21)14-16-4-6-17(19)7-5-16/h4-7,15,18H,2-3,8-14H2,1H3. The molecule has 1 aromatic rings. The van der Waals surface area contributed by atoms with Crippen molar-refractivity contribution in [3.8, 4) is 0 Å². The first-order chi connectivity index (χ1) is 10.2. The van der Waals surface area contributed by atoms with Crippen LogP contribution in [0.3, 0.4) is 0 Å². The van der Waals surface area contributed by atoms with E-state index in [1.54, 1.807) is 0 Å². The van der Waals surface area contributed by atoms with Crippen LogP contribution >= 0.6 is 15.9 Å². The third-order valence-electron chi connectivity index (χ3n) is 5.23. The molecule has 0 spiro atoms. The van der Waals surface area contributed by atoms with E-state index >= 15 is 0 Å². The quantitative estimate of drug-likeness (QED) is 0.807. The van der Waals surface area contributed by atoms with Gasteiger partial charge in [-0.15, -0.1) is 0 Å². The highest BCUT2D eigenvalue weighted by molar-refractivity contribution is 9.10. The van der Waals surface area contributed by atoms with E-state index in [0.717, 1.165) is 18.5 Å². The highest BCUT2D eigenvalue weighted by Gasteiger charge is 2.26. The third-order valence-corrected chi connectivity index (χ3v) is 5.76. The Bertz CT molecular complexity index is 429. The van der Waals surface area contributed by atoms with Crippen LogP contribution in [0.15, 0.2) is 28.7 Å². The molecule has 1 heterocycles. The van der Waals surface area contributed by atoms with Gasteiger partial charge in [0.05, 0.1) is 0 Å². The lowest BCUT2D eigenvalue weighted by atomic mass is 9.86. The van der Waals surface area contributed by atoms with E-state index in [-0.39, 0.29) is 0 Å². The molecule has 3 heteroatoms. The van der Waals surface area contributed by atoms with Crippen molar-refractivity contribution in [2.24, 2.45) is 5.92 Å². The molecule has 1 aromatic carbocycles. The van der Waals surface area contributed by atoms with Gasteiger partial charge in [0.15, 0.2) is 0 Å². The normalized spacial score (nSPS) is 28.7. The molecule has 21 heavy (non-hydrogen) atoms. The second kappa shape index (κ2) is 7.26. The zero-order chi connectivity index (χ0) is 14.7. The van der Waals surface area contributed by atoms with Crippen LogP contribution in [0.2, 0.25) is 0 Å². The molecule has 1 saturated carbocycles. The lowest BCUT2D eigenvalue weighted by Crippen LogP contribution is -2.50. The monoisotopic (exact) mass is 350 g/mol. The summed E-state index contributed by atoms with van der Waals surface area (Å²) in [7, 11) is 0. The van der Waals surface area contributed by atoms with Crippen molar-refractivity contribution in [2.75, 3.05) is 26.2 Å². The van der Waals surface area contributed by atoms with Crippen LogP contribution in [-0.2, 0) is 6.54 Å². The minimum absolute atomic E-state index is 0.871. The van der Waals surface area contributed by atoms with Crippen LogP contribution in [0, 0.1) is 5.92 Å². The van der Waals surface area contributed by atoms with Gasteiger partial charge in [0, 0.05) is 43.2 Å². The molecule has 0 aromatic heterocycles. The summed E-state index contributed by atoms with van der Waals surface area (Å²) in [5, 5.41) is 0. The molecule has 0 unspecified atom stereocenters. The summed E-state index contributed by atoms with van der Waals surface area (Å²) in [6.45, 7) is 8.48. The van der Waals surface area contributed by atoms with Crippen molar-refractivity contribution in [1.82, 2.24) is 9.80 Å². The third kappa shape index (κ3) is 4.30. The molecule has 2 fully saturated rings. The van der Waals surface area contributed by atoms with Crippen LogP contribution in [0.4, 0.5) is 0 Å². The highest BCUT2D eigenvalue weighted by Crippen LogP contribution is 2.27. The second-order valence-corrected chi connectivity index (χ2v) is 7.77. The molecule has 1 aliphatic carbocycles. The molecular formula is C18H27BrN2. The molecule has 3 rings (SSSR count). The van der Waals surface area contributed by atoms with Crippen molar-refractivity contribution < 1.29 is 0 Å². The first kappa shape index (κ1) is 15.5. The van der Waals surface area contributed by atoms with Gasteiger partial charge in [-0.2, -0.15) is 0 Å². The molecule has 0 amide bonds. The van der Waals surface area contributed by atoms with Crippen molar-refractivity contribution >= 4 is 15.9 Å². The van der Waals surface area contributed by atoms with Gasteiger partial charge in [0.1, 0.15) is 0 Å². The van der Waals surface area contributed by atoms with Crippen LogP contribution in [0.5, 0.6) is 0 Å². The van der Waals surface area contributed by atoms with Gasteiger partial charge in [-0.05, 0) is 49.3 Å². The number of rotatable bonds is 3. The maximum Gasteiger partial charge on any atom is 0.0234 e. The van der Waals surface area contributed by atoms with Crippen LogP contribution < -0.4 is 0 Å². The smallest absolute Gasteiger partial charge is 0.0234 e. The predicted octanol–water partition coefficient (Wildman–Crippen LogP) is 4.15. The van der Waals surface area contributed by atoms with E-state index in [9.17, 15) is 0 Å². The molecule has 2 aliphatic rings. The zero-order valence-corrected chi connectivity index (χ0v) is 14.7. The number of hydrogen-bond acceptors (Lipinski definition) is 2. The molecule has 0 atom stereocenters. The summed E-state index contributed by atoms with van der Waals surface area (Å²) < 4.78 is 1.17. The molecule has 0 N–H and O–H groups in total. The topological polar surface area (TPSA) is 6.48 Å². The Hall–Kier alpha value is -0.380. The lowest BCUT2D eigenvalue weighted by Gasteiger charge is -2.41. The summed E-state index contributed by atoms with van der Waals surface area (Å²) in [6, 6.07) is 9.64.